The van der Waals surface area contributed by atoms with E-state index in [1.54, 1.807) is 0 Å². The van der Waals surface area contributed by atoms with E-state index in [4.69, 9.17) is 16.0 Å². The number of hydrogen-bond donors (Lipinski definition) is 4. The third-order valence-electron chi connectivity index (χ3n) is 2.47. The standard InChI is InChI=1S/C10H10N2O4S2/c11-5-3-6-9(18(14,15)16)2-1-7(12)10(6)8(4-5)17-13/h1-4,13H,11-12H2,(H,14,15,16). The molecule has 0 amide bonds. The van der Waals surface area contributed by atoms with Gasteiger partial charge in [0.1, 0.15) is 4.90 Å². The van der Waals surface area contributed by atoms with Crippen LogP contribution in [0.4, 0.5) is 11.4 Å². The lowest BCUT2D eigenvalue weighted by atomic mass is 10.1. The summed E-state index contributed by atoms with van der Waals surface area (Å²) in [6.07, 6.45) is 0. The third-order valence-corrected chi connectivity index (χ3v) is 3.90. The lowest BCUT2D eigenvalue weighted by molar-refractivity contribution is 0.484. The second kappa shape index (κ2) is 4.32. The summed E-state index contributed by atoms with van der Waals surface area (Å²) in [7, 11) is -4.39. The van der Waals surface area contributed by atoms with E-state index < -0.39 is 10.1 Å². The summed E-state index contributed by atoms with van der Waals surface area (Å²) in [4.78, 5) is 0.0299. The Labute approximate surface area is 108 Å². The lowest BCUT2D eigenvalue weighted by Crippen LogP contribution is -2.02. The molecule has 0 spiro atoms. The van der Waals surface area contributed by atoms with Gasteiger partial charge < -0.3 is 16.0 Å². The minimum atomic E-state index is -4.39. The van der Waals surface area contributed by atoms with Gasteiger partial charge in [-0.1, -0.05) is 0 Å². The SMILES string of the molecule is Nc1cc(SO)c2c(N)ccc(S(=O)(=O)O)c2c1. The lowest BCUT2D eigenvalue weighted by Gasteiger charge is -2.10. The Balaban J connectivity index is 3.03. The van der Waals surface area contributed by atoms with E-state index in [1.165, 1.54) is 24.3 Å². The Morgan fingerprint density at radius 3 is 2.39 bits per heavy atom. The highest BCUT2D eigenvalue weighted by Crippen LogP contribution is 2.36. The molecule has 2 rings (SSSR count). The molecule has 0 aliphatic carbocycles. The number of benzene rings is 2. The van der Waals surface area contributed by atoms with Gasteiger partial charge in [-0.15, -0.1) is 0 Å². The molecule has 8 heteroatoms. The van der Waals surface area contributed by atoms with Crippen molar-refractivity contribution in [3.63, 3.8) is 0 Å². The van der Waals surface area contributed by atoms with E-state index in [2.05, 4.69) is 0 Å². The van der Waals surface area contributed by atoms with Crippen LogP contribution in [0, 0.1) is 0 Å². The first-order valence-corrected chi connectivity index (χ1v) is 6.96. The summed E-state index contributed by atoms with van der Waals surface area (Å²) < 4.78 is 40.9. The van der Waals surface area contributed by atoms with Crippen molar-refractivity contribution in [2.75, 3.05) is 11.5 Å². The average Bonchev–Trinajstić information content (AvgIpc) is 2.26. The van der Waals surface area contributed by atoms with Crippen LogP contribution in [-0.2, 0) is 10.1 Å². The quantitative estimate of drug-likeness (QED) is 0.376. The van der Waals surface area contributed by atoms with Crippen LogP contribution in [-0.4, -0.2) is 17.5 Å². The summed E-state index contributed by atoms with van der Waals surface area (Å²) in [6.45, 7) is 0. The van der Waals surface area contributed by atoms with Gasteiger partial charge in [-0.25, -0.2) is 0 Å². The highest BCUT2D eigenvalue weighted by atomic mass is 32.2. The van der Waals surface area contributed by atoms with Gasteiger partial charge in [0.05, 0.1) is 0 Å². The Hall–Kier alpha value is -1.48. The molecule has 2 aromatic rings. The van der Waals surface area contributed by atoms with Crippen LogP contribution in [0.3, 0.4) is 0 Å². The Morgan fingerprint density at radius 2 is 1.83 bits per heavy atom. The molecule has 0 aliphatic heterocycles. The van der Waals surface area contributed by atoms with E-state index in [1.807, 2.05) is 0 Å². The largest absolute Gasteiger partial charge is 0.399 e. The number of nitrogen functional groups attached to an aromatic ring is 2. The van der Waals surface area contributed by atoms with Crippen molar-refractivity contribution in [3.05, 3.63) is 24.3 Å². The van der Waals surface area contributed by atoms with Gasteiger partial charge in [0.25, 0.3) is 10.1 Å². The zero-order valence-electron chi connectivity index (χ0n) is 8.99. The molecule has 0 unspecified atom stereocenters. The number of nitrogens with two attached hydrogens (primary N) is 2. The maximum absolute atomic E-state index is 11.3. The van der Waals surface area contributed by atoms with Crippen LogP contribution in [0.5, 0.6) is 0 Å². The third kappa shape index (κ3) is 2.10. The fraction of sp³-hybridized carbons (Fsp3) is 0. The van der Waals surface area contributed by atoms with Gasteiger partial charge >= 0.3 is 0 Å². The van der Waals surface area contributed by atoms with Crippen molar-refractivity contribution < 1.29 is 17.5 Å². The van der Waals surface area contributed by atoms with Crippen LogP contribution in [0.15, 0.2) is 34.1 Å². The monoisotopic (exact) mass is 286 g/mol. The smallest absolute Gasteiger partial charge is 0.295 e. The molecule has 0 aliphatic rings. The number of rotatable bonds is 2. The summed E-state index contributed by atoms with van der Waals surface area (Å²) in [6, 6.07) is 5.39. The van der Waals surface area contributed by atoms with Crippen molar-refractivity contribution in [2.45, 2.75) is 9.79 Å². The van der Waals surface area contributed by atoms with Gasteiger partial charge in [0, 0.05) is 39.1 Å². The molecule has 2 aromatic carbocycles. The highest BCUT2D eigenvalue weighted by molar-refractivity contribution is 7.94. The molecular formula is C10H10N2O4S2. The molecule has 0 saturated carbocycles. The molecular weight excluding hydrogens is 276 g/mol. The second-order valence-electron chi connectivity index (χ2n) is 3.66. The van der Waals surface area contributed by atoms with Gasteiger partial charge in [0.15, 0.2) is 0 Å². The first kappa shape index (κ1) is 13.0. The van der Waals surface area contributed by atoms with Crippen LogP contribution in [0.25, 0.3) is 10.8 Å². The van der Waals surface area contributed by atoms with Crippen molar-refractivity contribution in [1.82, 2.24) is 0 Å². The molecule has 0 radical (unpaired) electrons. The molecule has 6 nitrogen and oxygen atoms in total. The second-order valence-corrected chi connectivity index (χ2v) is 5.67. The van der Waals surface area contributed by atoms with E-state index in [9.17, 15) is 13.0 Å². The van der Waals surface area contributed by atoms with Gasteiger partial charge in [-0.2, -0.15) is 8.42 Å². The molecule has 0 heterocycles. The Kier molecular flexibility index (Phi) is 3.11. The van der Waals surface area contributed by atoms with E-state index in [0.717, 1.165) is 0 Å². The number of anilines is 2. The molecule has 0 bridgehead atoms. The maximum atomic E-state index is 11.3. The Bertz CT molecular complexity index is 728. The predicted octanol–water partition coefficient (Wildman–Crippen LogP) is 1.82. The molecule has 18 heavy (non-hydrogen) atoms. The topological polar surface area (TPSA) is 127 Å². The first-order valence-electron chi connectivity index (χ1n) is 4.75. The molecule has 0 aromatic heterocycles. The van der Waals surface area contributed by atoms with Gasteiger partial charge in [0.2, 0.25) is 0 Å². The van der Waals surface area contributed by atoms with E-state index >= 15 is 0 Å². The normalized spacial score (nSPS) is 11.9. The van der Waals surface area contributed by atoms with Crippen molar-refractivity contribution in [1.29, 1.82) is 0 Å². The van der Waals surface area contributed by atoms with Crippen LogP contribution in [0.2, 0.25) is 0 Å². The fourth-order valence-corrected chi connectivity index (χ4v) is 2.95. The first-order chi connectivity index (χ1) is 8.34. The van der Waals surface area contributed by atoms with Crippen molar-refractivity contribution >= 4 is 44.3 Å². The molecule has 0 saturated heterocycles. The summed E-state index contributed by atoms with van der Waals surface area (Å²) in [5.41, 5.74) is 11.9. The van der Waals surface area contributed by atoms with E-state index in [0.29, 0.717) is 22.3 Å². The average molecular weight is 286 g/mol. The fourth-order valence-electron chi connectivity index (χ4n) is 1.76. The Morgan fingerprint density at radius 1 is 1.17 bits per heavy atom. The minimum Gasteiger partial charge on any atom is -0.399 e. The zero-order chi connectivity index (χ0) is 13.5. The predicted molar refractivity (Wildman–Crippen MR) is 71.1 cm³/mol. The van der Waals surface area contributed by atoms with Gasteiger partial charge in [-0.3, -0.25) is 4.55 Å². The van der Waals surface area contributed by atoms with Crippen molar-refractivity contribution in [3.8, 4) is 0 Å². The number of fused-ring (bicyclic) bond motifs is 1. The van der Waals surface area contributed by atoms with Crippen LogP contribution < -0.4 is 11.5 Å². The molecule has 6 N–H and O–H groups in total. The summed E-state index contributed by atoms with van der Waals surface area (Å²) in [5, 5.41) is 0.515. The van der Waals surface area contributed by atoms with Crippen LogP contribution in [0.1, 0.15) is 0 Å². The molecule has 0 fully saturated rings. The maximum Gasteiger partial charge on any atom is 0.295 e. The molecule has 0 atom stereocenters. The summed E-state index contributed by atoms with van der Waals surface area (Å²) in [5.74, 6) is 0. The molecule has 96 valence electrons. The summed E-state index contributed by atoms with van der Waals surface area (Å²) >= 11 is 0.409. The minimum absolute atomic E-state index is 0.175. The van der Waals surface area contributed by atoms with Crippen molar-refractivity contribution in [2.24, 2.45) is 0 Å². The zero-order valence-corrected chi connectivity index (χ0v) is 10.6. The van der Waals surface area contributed by atoms with Crippen LogP contribution >= 0.6 is 12.0 Å². The van der Waals surface area contributed by atoms with Gasteiger partial charge in [-0.05, 0) is 24.3 Å². The van der Waals surface area contributed by atoms with E-state index in [-0.39, 0.29) is 21.7 Å². The highest BCUT2D eigenvalue weighted by Gasteiger charge is 2.17. The number of hydrogen-bond acceptors (Lipinski definition) is 6.